The normalized spacial score (nSPS) is 10.2. The fraction of sp³-hybridized carbons (Fsp3) is 0.200. The van der Waals surface area contributed by atoms with Crippen LogP contribution in [0.4, 0.5) is 20.6 Å². The lowest BCUT2D eigenvalue weighted by atomic mass is 10.3. The van der Waals surface area contributed by atoms with Crippen LogP contribution in [-0.4, -0.2) is 31.3 Å². The molecular weight excluding hydrogens is 325 g/mol. The van der Waals surface area contributed by atoms with E-state index in [1.807, 2.05) is 0 Å². The first kappa shape index (κ1) is 17.0. The molecule has 0 bridgehead atoms. The van der Waals surface area contributed by atoms with E-state index in [1.165, 1.54) is 25.4 Å². The van der Waals surface area contributed by atoms with Gasteiger partial charge in [-0.1, -0.05) is 11.6 Å². The quantitative estimate of drug-likeness (QED) is 0.623. The molecule has 1 heterocycles. The standard InChI is InChI=1S/C15H15ClFN3O3/c1-22-7-8-23-13-5-4-10(9-11(13)17)19-15(21)20-12-3-2-6-18-14(12)16/h2-6,9H,7-8H2,1H3,(H2,19,20,21). The van der Waals surface area contributed by atoms with Crippen molar-refractivity contribution in [1.29, 1.82) is 0 Å². The third-order valence-electron chi connectivity index (χ3n) is 2.74. The number of nitrogens with one attached hydrogen (secondary N) is 2. The van der Waals surface area contributed by atoms with E-state index in [4.69, 9.17) is 21.1 Å². The lowest BCUT2D eigenvalue weighted by Crippen LogP contribution is -2.19. The van der Waals surface area contributed by atoms with E-state index in [2.05, 4.69) is 15.6 Å². The summed E-state index contributed by atoms with van der Waals surface area (Å²) in [5, 5.41) is 5.18. The summed E-state index contributed by atoms with van der Waals surface area (Å²) in [5.74, 6) is -0.498. The van der Waals surface area contributed by atoms with Crippen LogP contribution in [0.15, 0.2) is 36.5 Å². The van der Waals surface area contributed by atoms with Crippen molar-refractivity contribution < 1.29 is 18.7 Å². The van der Waals surface area contributed by atoms with E-state index < -0.39 is 11.8 Å². The van der Waals surface area contributed by atoms with E-state index in [1.54, 1.807) is 12.1 Å². The molecule has 23 heavy (non-hydrogen) atoms. The smallest absolute Gasteiger partial charge is 0.323 e. The van der Waals surface area contributed by atoms with Gasteiger partial charge in [0.15, 0.2) is 16.7 Å². The molecule has 0 fully saturated rings. The number of hydrogen-bond acceptors (Lipinski definition) is 4. The molecule has 2 rings (SSSR count). The minimum atomic E-state index is -0.585. The number of carbonyl (C=O) groups excluding carboxylic acids is 1. The maximum Gasteiger partial charge on any atom is 0.323 e. The van der Waals surface area contributed by atoms with Gasteiger partial charge in [0, 0.05) is 25.1 Å². The van der Waals surface area contributed by atoms with Gasteiger partial charge < -0.3 is 20.1 Å². The zero-order chi connectivity index (χ0) is 16.7. The molecule has 0 saturated carbocycles. The lowest BCUT2D eigenvalue weighted by molar-refractivity contribution is 0.144. The number of aromatic nitrogens is 1. The summed E-state index contributed by atoms with van der Waals surface area (Å²) in [6, 6.07) is 6.78. The summed E-state index contributed by atoms with van der Waals surface area (Å²) >= 11 is 5.84. The van der Waals surface area contributed by atoms with Crippen molar-refractivity contribution in [2.45, 2.75) is 0 Å². The highest BCUT2D eigenvalue weighted by atomic mass is 35.5. The average molecular weight is 340 g/mol. The number of carbonyl (C=O) groups is 1. The van der Waals surface area contributed by atoms with Crippen molar-refractivity contribution in [3.63, 3.8) is 0 Å². The SMILES string of the molecule is COCCOc1ccc(NC(=O)Nc2cccnc2Cl)cc1F. The third kappa shape index (κ3) is 5.08. The zero-order valence-corrected chi connectivity index (χ0v) is 13.1. The molecule has 0 radical (unpaired) electrons. The highest BCUT2D eigenvalue weighted by molar-refractivity contribution is 6.32. The third-order valence-corrected chi connectivity index (χ3v) is 3.04. The van der Waals surface area contributed by atoms with Gasteiger partial charge in [0.05, 0.1) is 12.3 Å². The van der Waals surface area contributed by atoms with Gasteiger partial charge in [-0.2, -0.15) is 0 Å². The van der Waals surface area contributed by atoms with Gasteiger partial charge in [-0.3, -0.25) is 0 Å². The number of hydrogen-bond donors (Lipinski definition) is 2. The van der Waals surface area contributed by atoms with Gasteiger partial charge in [-0.25, -0.2) is 14.2 Å². The first-order valence-corrected chi connectivity index (χ1v) is 7.07. The average Bonchev–Trinajstić information content (AvgIpc) is 2.52. The lowest BCUT2D eigenvalue weighted by Gasteiger charge is -2.10. The van der Waals surface area contributed by atoms with Crippen molar-refractivity contribution >= 4 is 29.0 Å². The predicted molar refractivity (Wildman–Crippen MR) is 85.7 cm³/mol. The molecule has 0 aliphatic carbocycles. The van der Waals surface area contributed by atoms with E-state index in [9.17, 15) is 9.18 Å². The number of halogens is 2. The maximum absolute atomic E-state index is 13.9. The Labute approximate surface area is 137 Å². The molecule has 2 amide bonds. The van der Waals surface area contributed by atoms with Gasteiger partial charge in [-0.05, 0) is 24.3 Å². The number of nitrogens with zero attached hydrogens (tertiary/aromatic N) is 1. The molecule has 1 aromatic heterocycles. The Kier molecular flexibility index (Phi) is 6.13. The first-order valence-electron chi connectivity index (χ1n) is 6.70. The van der Waals surface area contributed by atoms with Crippen LogP contribution in [0.5, 0.6) is 5.75 Å². The largest absolute Gasteiger partial charge is 0.488 e. The molecule has 2 aromatic rings. The molecule has 0 spiro atoms. The molecule has 1 aromatic carbocycles. The van der Waals surface area contributed by atoms with Crippen LogP contribution in [0.2, 0.25) is 5.15 Å². The Hall–Kier alpha value is -2.38. The van der Waals surface area contributed by atoms with Gasteiger partial charge >= 0.3 is 6.03 Å². The van der Waals surface area contributed by atoms with Gasteiger partial charge in [0.1, 0.15) is 6.61 Å². The van der Waals surface area contributed by atoms with Crippen molar-refractivity contribution in [3.8, 4) is 5.75 Å². The fourth-order valence-corrected chi connectivity index (χ4v) is 1.86. The van der Waals surface area contributed by atoms with Crippen molar-refractivity contribution in [1.82, 2.24) is 4.98 Å². The predicted octanol–water partition coefficient (Wildman–Crippen LogP) is 3.54. The van der Waals surface area contributed by atoms with Crippen LogP contribution in [0, 0.1) is 5.82 Å². The van der Waals surface area contributed by atoms with Crippen molar-refractivity contribution in [3.05, 3.63) is 47.5 Å². The Bertz CT molecular complexity index is 685. The van der Waals surface area contributed by atoms with Crippen LogP contribution in [0.3, 0.4) is 0 Å². The maximum atomic E-state index is 13.9. The molecule has 0 unspecified atom stereocenters. The number of ether oxygens (including phenoxy) is 2. The fourth-order valence-electron chi connectivity index (χ4n) is 1.69. The number of amides is 2. The second kappa shape index (κ2) is 8.30. The number of methoxy groups -OCH3 is 1. The first-order chi connectivity index (χ1) is 11.1. The molecule has 0 aliphatic heterocycles. The molecule has 0 aliphatic rings. The summed E-state index contributed by atoms with van der Waals surface area (Å²) in [6.07, 6.45) is 1.50. The highest BCUT2D eigenvalue weighted by Crippen LogP contribution is 2.22. The summed E-state index contributed by atoms with van der Waals surface area (Å²) < 4.78 is 23.9. The highest BCUT2D eigenvalue weighted by Gasteiger charge is 2.09. The molecule has 0 atom stereocenters. The van der Waals surface area contributed by atoms with E-state index >= 15 is 0 Å². The minimum absolute atomic E-state index is 0.0864. The topological polar surface area (TPSA) is 72.5 Å². The van der Waals surface area contributed by atoms with Crippen LogP contribution in [-0.2, 0) is 4.74 Å². The number of pyridine rings is 1. The Balaban J connectivity index is 1.96. The van der Waals surface area contributed by atoms with E-state index in [-0.39, 0.29) is 23.2 Å². The van der Waals surface area contributed by atoms with Gasteiger partial charge in [0.25, 0.3) is 0 Å². The molecule has 122 valence electrons. The van der Waals surface area contributed by atoms with Crippen molar-refractivity contribution in [2.24, 2.45) is 0 Å². The van der Waals surface area contributed by atoms with Crippen molar-refractivity contribution in [2.75, 3.05) is 31.0 Å². The second-order valence-electron chi connectivity index (χ2n) is 4.41. The Morgan fingerprint density at radius 3 is 2.83 bits per heavy atom. The summed E-state index contributed by atoms with van der Waals surface area (Å²) in [6.45, 7) is 0.591. The zero-order valence-electron chi connectivity index (χ0n) is 12.3. The monoisotopic (exact) mass is 339 g/mol. The number of rotatable bonds is 6. The number of anilines is 2. The van der Waals surface area contributed by atoms with Crippen LogP contribution in [0.25, 0.3) is 0 Å². The van der Waals surface area contributed by atoms with E-state index in [0.29, 0.717) is 12.3 Å². The minimum Gasteiger partial charge on any atom is -0.488 e. The number of benzene rings is 1. The Morgan fingerprint density at radius 1 is 1.30 bits per heavy atom. The molecule has 0 saturated heterocycles. The second-order valence-corrected chi connectivity index (χ2v) is 4.77. The van der Waals surface area contributed by atoms with Gasteiger partial charge in [-0.15, -0.1) is 0 Å². The van der Waals surface area contributed by atoms with E-state index in [0.717, 1.165) is 6.07 Å². The summed E-state index contributed by atoms with van der Waals surface area (Å²) in [7, 11) is 1.53. The Morgan fingerprint density at radius 2 is 2.13 bits per heavy atom. The molecular formula is C15H15ClFN3O3. The van der Waals surface area contributed by atoms with Crippen LogP contribution >= 0.6 is 11.6 Å². The van der Waals surface area contributed by atoms with Crippen LogP contribution < -0.4 is 15.4 Å². The molecule has 2 N–H and O–H groups in total. The molecule has 8 heteroatoms. The molecule has 6 nitrogen and oxygen atoms in total. The van der Waals surface area contributed by atoms with Gasteiger partial charge in [0.2, 0.25) is 0 Å². The summed E-state index contributed by atoms with van der Waals surface area (Å²) in [5.41, 5.74) is 0.630. The summed E-state index contributed by atoms with van der Waals surface area (Å²) in [4.78, 5) is 15.7. The van der Waals surface area contributed by atoms with Crippen LogP contribution in [0.1, 0.15) is 0 Å². The number of urea groups is 1.